The van der Waals surface area contributed by atoms with Crippen LogP contribution in [0.4, 0.5) is 23.0 Å². The number of amides is 1. The minimum atomic E-state index is -0.111. The number of benzene rings is 2. The van der Waals surface area contributed by atoms with Crippen LogP contribution in [-0.4, -0.2) is 70.8 Å². The van der Waals surface area contributed by atoms with E-state index in [9.17, 15) is 4.79 Å². The number of hydrogen-bond donors (Lipinski definition) is 2. The van der Waals surface area contributed by atoms with E-state index >= 15 is 0 Å². The summed E-state index contributed by atoms with van der Waals surface area (Å²) in [4.78, 5) is 21.3. The van der Waals surface area contributed by atoms with Gasteiger partial charge in [0.25, 0.3) is 0 Å². The van der Waals surface area contributed by atoms with E-state index in [0.29, 0.717) is 12.0 Å². The molecule has 38 heavy (non-hydrogen) atoms. The summed E-state index contributed by atoms with van der Waals surface area (Å²) in [5.41, 5.74) is 5.58. The molecule has 2 aromatic heterocycles. The second-order valence-corrected chi connectivity index (χ2v) is 9.90. The quantitative estimate of drug-likeness (QED) is 0.397. The van der Waals surface area contributed by atoms with Crippen molar-refractivity contribution in [1.29, 1.82) is 0 Å². The summed E-state index contributed by atoms with van der Waals surface area (Å²) in [5, 5.41) is 11.0. The minimum Gasteiger partial charge on any atom is -0.379 e. The fraction of sp³-hybridized carbons (Fsp3) is 0.345. The van der Waals surface area contributed by atoms with Crippen molar-refractivity contribution in [2.45, 2.75) is 25.8 Å². The number of nitrogens with one attached hydrogen (secondary N) is 2. The van der Waals surface area contributed by atoms with Crippen LogP contribution in [0.2, 0.25) is 0 Å². The number of morpholine rings is 1. The Labute approximate surface area is 222 Å². The number of para-hydroxylation sites is 1. The van der Waals surface area contributed by atoms with Crippen LogP contribution in [0.15, 0.2) is 66.9 Å². The Hall–Kier alpha value is -3.95. The number of ether oxygens (including phenoxy) is 1. The van der Waals surface area contributed by atoms with Crippen LogP contribution in [0.5, 0.6) is 0 Å². The van der Waals surface area contributed by atoms with E-state index in [1.807, 2.05) is 40.9 Å². The summed E-state index contributed by atoms with van der Waals surface area (Å²) < 4.78 is 7.36. The highest BCUT2D eigenvalue weighted by atomic mass is 16.5. The van der Waals surface area contributed by atoms with Gasteiger partial charge in [-0.25, -0.2) is 9.50 Å². The molecule has 9 heteroatoms. The van der Waals surface area contributed by atoms with Crippen molar-refractivity contribution >= 4 is 34.4 Å². The average molecular weight is 512 g/mol. The number of nitrogens with zero attached hydrogens (tertiary/aromatic N) is 5. The van der Waals surface area contributed by atoms with Gasteiger partial charge in [0.2, 0.25) is 11.9 Å². The average Bonchev–Trinajstić information content (AvgIpc) is 3.37. The molecule has 2 aliphatic rings. The lowest BCUT2D eigenvalue weighted by molar-refractivity contribution is -0.114. The fourth-order valence-corrected chi connectivity index (χ4v) is 5.48. The molecule has 0 bridgehead atoms. The molecule has 0 unspecified atom stereocenters. The third kappa shape index (κ3) is 5.20. The highest BCUT2D eigenvalue weighted by Gasteiger charge is 2.26. The molecule has 0 radical (unpaired) electrons. The maximum absolute atomic E-state index is 11.7. The predicted octanol–water partition coefficient (Wildman–Crippen LogP) is 4.40. The molecule has 2 N–H and O–H groups in total. The van der Waals surface area contributed by atoms with Crippen molar-refractivity contribution in [3.05, 3.63) is 66.9 Å². The molecule has 196 valence electrons. The zero-order valence-electron chi connectivity index (χ0n) is 21.6. The largest absolute Gasteiger partial charge is 0.379 e. The molecule has 0 atom stereocenters. The number of piperidine rings is 1. The molecule has 0 aliphatic carbocycles. The summed E-state index contributed by atoms with van der Waals surface area (Å²) in [5.74, 6) is 0.395. The van der Waals surface area contributed by atoms with Gasteiger partial charge in [0.15, 0.2) is 0 Å². The summed E-state index contributed by atoms with van der Waals surface area (Å²) in [7, 11) is 0. The number of hydrogen-bond acceptors (Lipinski definition) is 7. The Morgan fingerprint density at radius 1 is 0.947 bits per heavy atom. The van der Waals surface area contributed by atoms with Gasteiger partial charge in [-0.3, -0.25) is 9.69 Å². The Morgan fingerprint density at radius 2 is 1.71 bits per heavy atom. The number of anilines is 4. The predicted molar refractivity (Wildman–Crippen MR) is 150 cm³/mol. The molecule has 0 saturated carbocycles. The first kappa shape index (κ1) is 24.4. The summed E-state index contributed by atoms with van der Waals surface area (Å²) in [6.45, 7) is 7.50. The van der Waals surface area contributed by atoms with Gasteiger partial charge in [-0.1, -0.05) is 18.2 Å². The monoisotopic (exact) mass is 511 g/mol. The maximum Gasteiger partial charge on any atom is 0.245 e. The van der Waals surface area contributed by atoms with E-state index in [0.717, 1.165) is 67.5 Å². The lowest BCUT2D eigenvalue weighted by atomic mass is 10.0. The Kier molecular flexibility index (Phi) is 6.94. The van der Waals surface area contributed by atoms with Crippen LogP contribution in [0.3, 0.4) is 0 Å². The number of fused-ring (bicyclic) bond motifs is 1. The van der Waals surface area contributed by atoms with Crippen LogP contribution < -0.4 is 15.5 Å². The molecule has 4 heterocycles. The number of rotatable bonds is 6. The van der Waals surface area contributed by atoms with Crippen molar-refractivity contribution in [3.8, 4) is 11.3 Å². The van der Waals surface area contributed by atoms with Gasteiger partial charge in [0.05, 0.1) is 36.3 Å². The third-order valence-corrected chi connectivity index (χ3v) is 7.43. The minimum absolute atomic E-state index is 0.111. The van der Waals surface area contributed by atoms with Crippen molar-refractivity contribution in [2.24, 2.45) is 0 Å². The van der Waals surface area contributed by atoms with Crippen LogP contribution in [0.25, 0.3) is 16.8 Å². The molecule has 2 saturated heterocycles. The lowest BCUT2D eigenvalue weighted by Gasteiger charge is -2.40. The summed E-state index contributed by atoms with van der Waals surface area (Å²) in [6.07, 6.45) is 4.18. The van der Waals surface area contributed by atoms with Gasteiger partial charge in [0.1, 0.15) is 0 Å². The van der Waals surface area contributed by atoms with Gasteiger partial charge in [-0.05, 0) is 55.3 Å². The van der Waals surface area contributed by atoms with E-state index in [1.165, 1.54) is 25.5 Å². The normalized spacial score (nSPS) is 17.0. The molecular formula is C29H33N7O2. The van der Waals surface area contributed by atoms with Gasteiger partial charge in [0, 0.05) is 56.1 Å². The molecule has 9 nitrogen and oxygen atoms in total. The molecule has 4 aromatic rings. The van der Waals surface area contributed by atoms with Crippen LogP contribution in [0, 0.1) is 0 Å². The van der Waals surface area contributed by atoms with Crippen molar-refractivity contribution < 1.29 is 9.53 Å². The SMILES string of the molecule is CC(=O)Nc1ccccc1-c1ccc2cnc(Nc3ccc(N4CCC(N5CCOCC5)CC4)cc3)nn12. The summed E-state index contributed by atoms with van der Waals surface area (Å²) >= 11 is 0. The lowest BCUT2D eigenvalue weighted by Crippen LogP contribution is -2.49. The molecule has 6 rings (SSSR count). The van der Waals surface area contributed by atoms with Crippen LogP contribution in [0.1, 0.15) is 19.8 Å². The molecule has 2 aliphatic heterocycles. The first-order valence-corrected chi connectivity index (χ1v) is 13.3. The van der Waals surface area contributed by atoms with E-state index in [-0.39, 0.29) is 5.91 Å². The second-order valence-electron chi connectivity index (χ2n) is 9.90. The molecule has 2 fully saturated rings. The van der Waals surface area contributed by atoms with Crippen molar-refractivity contribution in [2.75, 3.05) is 54.9 Å². The highest BCUT2D eigenvalue weighted by molar-refractivity contribution is 5.94. The van der Waals surface area contributed by atoms with E-state index in [2.05, 4.69) is 49.7 Å². The van der Waals surface area contributed by atoms with E-state index in [1.54, 1.807) is 6.20 Å². The highest BCUT2D eigenvalue weighted by Crippen LogP contribution is 2.30. The molecule has 1 amide bonds. The third-order valence-electron chi connectivity index (χ3n) is 7.43. The Morgan fingerprint density at radius 3 is 2.47 bits per heavy atom. The standard InChI is InChI=1S/C29H33N7O2/c1-21(37)31-27-5-3-2-4-26(27)28-11-10-25-20-30-29(33-36(25)28)32-22-6-8-23(9-7-22)34-14-12-24(13-15-34)35-16-18-38-19-17-35/h2-11,20,24H,12-19H2,1H3,(H,31,37)(H,32,33). The first-order valence-electron chi connectivity index (χ1n) is 13.3. The van der Waals surface area contributed by atoms with E-state index in [4.69, 9.17) is 9.84 Å². The fourth-order valence-electron chi connectivity index (χ4n) is 5.48. The number of carbonyl (C=O) groups excluding carboxylic acids is 1. The topological polar surface area (TPSA) is 87.0 Å². The second kappa shape index (κ2) is 10.8. The van der Waals surface area contributed by atoms with Gasteiger partial charge in [-0.15, -0.1) is 5.10 Å². The smallest absolute Gasteiger partial charge is 0.245 e. The van der Waals surface area contributed by atoms with Crippen molar-refractivity contribution in [3.63, 3.8) is 0 Å². The van der Waals surface area contributed by atoms with Crippen LogP contribution in [-0.2, 0) is 9.53 Å². The van der Waals surface area contributed by atoms with E-state index < -0.39 is 0 Å². The maximum atomic E-state index is 11.7. The Bertz CT molecular complexity index is 1400. The number of aromatic nitrogens is 3. The van der Waals surface area contributed by atoms with Gasteiger partial charge in [-0.2, -0.15) is 0 Å². The van der Waals surface area contributed by atoms with Crippen LogP contribution >= 0.6 is 0 Å². The molecular weight excluding hydrogens is 478 g/mol. The zero-order chi connectivity index (χ0) is 25.9. The first-order chi connectivity index (χ1) is 18.6. The van der Waals surface area contributed by atoms with Crippen molar-refractivity contribution in [1.82, 2.24) is 19.5 Å². The number of carbonyl (C=O) groups is 1. The summed E-state index contributed by atoms with van der Waals surface area (Å²) in [6, 6.07) is 20.9. The molecule has 2 aromatic carbocycles. The molecule has 0 spiro atoms. The van der Waals surface area contributed by atoms with Gasteiger partial charge >= 0.3 is 0 Å². The Balaban J connectivity index is 1.14. The zero-order valence-corrected chi connectivity index (χ0v) is 21.6. The van der Waals surface area contributed by atoms with Gasteiger partial charge < -0.3 is 20.3 Å².